The molecule has 8 nitrogen and oxygen atoms in total. The van der Waals surface area contributed by atoms with Crippen LogP contribution in [-0.4, -0.2) is 73.4 Å². The van der Waals surface area contributed by atoms with Crippen molar-refractivity contribution in [3.05, 3.63) is 97.2 Å². The molecule has 338 valence electrons. The van der Waals surface area contributed by atoms with Crippen molar-refractivity contribution in [2.75, 3.05) is 40.9 Å². The molecule has 59 heavy (non-hydrogen) atoms. The lowest BCUT2D eigenvalue weighted by Gasteiger charge is -2.25. The Kier molecular flexibility index (Phi) is 39.0. The zero-order valence-corrected chi connectivity index (χ0v) is 39.1. The van der Waals surface area contributed by atoms with Gasteiger partial charge in [0, 0.05) is 6.42 Å². The highest BCUT2D eigenvalue weighted by atomic mass is 31.2. The van der Waals surface area contributed by atoms with Crippen LogP contribution in [0, 0.1) is 0 Å². The van der Waals surface area contributed by atoms with Gasteiger partial charge in [-0.3, -0.25) is 13.8 Å². The van der Waals surface area contributed by atoms with Gasteiger partial charge in [-0.25, -0.2) is 4.57 Å². The van der Waals surface area contributed by atoms with E-state index in [2.05, 4.69) is 104 Å². The smallest absolute Gasteiger partial charge is 0.387 e. The standard InChI is InChI=1S/C50H87N2O6P/c1-6-8-10-12-14-16-18-19-20-21-22-23-24-25-26-27-28-29-30-31-32-33-34-36-38-40-42-44-50(54)51-48(47-58-59(55,56)57-46-45-52(3,4)5)49(53)43-41-39-37-35-17-15-13-11-9-7-2/h8,10,14,16,19-20,22-23,25-26,28-29,31-32,41,43,48-49,53H,6-7,9,11-13,15,17-18,21,24,27,30,33-40,42,44-47H2,1-5H3,(H-,51,54,55,56)/p+1/b10-8-,16-14-,20-19-,23-22-,26-25-,29-28-,32-31-,43-41+. The topological polar surface area (TPSA) is 105 Å². The van der Waals surface area contributed by atoms with Crippen molar-refractivity contribution in [1.82, 2.24) is 5.32 Å². The van der Waals surface area contributed by atoms with E-state index in [9.17, 15) is 19.4 Å². The second-order valence-corrected chi connectivity index (χ2v) is 17.9. The Balaban J connectivity index is 4.33. The summed E-state index contributed by atoms with van der Waals surface area (Å²) < 4.78 is 23.5. The molecule has 0 aliphatic carbocycles. The van der Waals surface area contributed by atoms with Gasteiger partial charge in [0.05, 0.1) is 39.9 Å². The van der Waals surface area contributed by atoms with Gasteiger partial charge in [-0.15, -0.1) is 0 Å². The number of nitrogens with zero attached hydrogens (tertiary/aromatic N) is 1. The summed E-state index contributed by atoms with van der Waals surface area (Å²) in [6, 6.07) is -0.862. The molecular weight excluding hydrogens is 756 g/mol. The van der Waals surface area contributed by atoms with Crippen molar-refractivity contribution in [3.8, 4) is 0 Å². The van der Waals surface area contributed by atoms with E-state index in [0.717, 1.165) is 103 Å². The summed E-state index contributed by atoms with van der Waals surface area (Å²) >= 11 is 0. The lowest BCUT2D eigenvalue weighted by Crippen LogP contribution is -2.45. The van der Waals surface area contributed by atoms with E-state index in [1.165, 1.54) is 38.5 Å². The summed E-state index contributed by atoms with van der Waals surface area (Å²) in [6.45, 7) is 4.63. The van der Waals surface area contributed by atoms with Crippen LogP contribution in [0.25, 0.3) is 0 Å². The van der Waals surface area contributed by atoms with Gasteiger partial charge in [-0.05, 0) is 77.0 Å². The van der Waals surface area contributed by atoms with Gasteiger partial charge in [0.15, 0.2) is 0 Å². The number of aliphatic hydroxyl groups excluding tert-OH is 1. The summed E-state index contributed by atoms with van der Waals surface area (Å²) in [5, 5.41) is 13.8. The van der Waals surface area contributed by atoms with Crippen molar-refractivity contribution < 1.29 is 32.9 Å². The van der Waals surface area contributed by atoms with E-state index >= 15 is 0 Å². The summed E-state index contributed by atoms with van der Waals surface area (Å²) in [4.78, 5) is 23.1. The average molecular weight is 844 g/mol. The number of carbonyl (C=O) groups excluding carboxylic acids is 1. The molecule has 0 bridgehead atoms. The Labute approximate surface area is 362 Å². The van der Waals surface area contributed by atoms with Gasteiger partial charge >= 0.3 is 7.82 Å². The quantitative estimate of drug-likeness (QED) is 0.0246. The van der Waals surface area contributed by atoms with Gasteiger partial charge in [-0.2, -0.15) is 0 Å². The minimum absolute atomic E-state index is 0.0516. The Bertz CT molecular complexity index is 1280. The van der Waals surface area contributed by atoms with Crippen LogP contribution >= 0.6 is 7.82 Å². The first-order valence-electron chi connectivity index (χ1n) is 23.1. The van der Waals surface area contributed by atoms with Crippen LogP contribution in [0.15, 0.2) is 97.2 Å². The Morgan fingerprint density at radius 3 is 1.49 bits per heavy atom. The number of unbranched alkanes of at least 4 members (excludes halogenated alkanes) is 13. The lowest BCUT2D eigenvalue weighted by molar-refractivity contribution is -0.870. The van der Waals surface area contributed by atoms with Gasteiger partial charge in [-0.1, -0.05) is 175 Å². The number of hydrogen-bond donors (Lipinski definition) is 3. The molecule has 0 rings (SSSR count). The lowest BCUT2D eigenvalue weighted by atomic mass is 10.1. The Morgan fingerprint density at radius 2 is 1.02 bits per heavy atom. The summed E-state index contributed by atoms with van der Waals surface area (Å²) in [6.07, 6.45) is 57.7. The molecule has 0 aromatic rings. The van der Waals surface area contributed by atoms with E-state index in [-0.39, 0.29) is 19.1 Å². The number of nitrogens with one attached hydrogen (secondary N) is 1. The molecule has 0 saturated heterocycles. The van der Waals surface area contributed by atoms with E-state index < -0.39 is 20.0 Å². The minimum Gasteiger partial charge on any atom is -0.387 e. The molecule has 0 aliphatic rings. The maximum atomic E-state index is 12.9. The second-order valence-electron chi connectivity index (χ2n) is 16.4. The summed E-state index contributed by atoms with van der Waals surface area (Å²) in [7, 11) is 1.54. The van der Waals surface area contributed by atoms with Crippen LogP contribution in [-0.2, 0) is 18.4 Å². The number of rotatable bonds is 40. The van der Waals surface area contributed by atoms with Crippen LogP contribution in [0.3, 0.4) is 0 Å². The predicted octanol–water partition coefficient (Wildman–Crippen LogP) is 13.1. The van der Waals surface area contributed by atoms with Gasteiger partial charge < -0.3 is 19.8 Å². The van der Waals surface area contributed by atoms with Crippen molar-refractivity contribution in [2.24, 2.45) is 0 Å². The average Bonchev–Trinajstić information content (AvgIpc) is 3.19. The van der Waals surface area contributed by atoms with Crippen molar-refractivity contribution in [1.29, 1.82) is 0 Å². The van der Waals surface area contributed by atoms with Crippen LogP contribution in [0.4, 0.5) is 0 Å². The summed E-state index contributed by atoms with van der Waals surface area (Å²) in [5.74, 6) is -0.204. The molecule has 0 radical (unpaired) electrons. The van der Waals surface area contributed by atoms with Crippen LogP contribution in [0.5, 0.6) is 0 Å². The fourth-order valence-corrected chi connectivity index (χ4v) is 6.64. The molecule has 1 amide bonds. The number of quaternary nitrogens is 1. The fourth-order valence-electron chi connectivity index (χ4n) is 5.90. The molecular formula is C50H88N2O6P+. The maximum absolute atomic E-state index is 12.9. The van der Waals surface area contributed by atoms with E-state index in [4.69, 9.17) is 9.05 Å². The molecule has 0 heterocycles. The number of phosphoric ester groups is 1. The summed E-state index contributed by atoms with van der Waals surface area (Å²) in [5.41, 5.74) is 0. The molecule has 3 unspecified atom stereocenters. The molecule has 0 aliphatic heterocycles. The monoisotopic (exact) mass is 844 g/mol. The van der Waals surface area contributed by atoms with Crippen molar-refractivity contribution in [3.63, 3.8) is 0 Å². The van der Waals surface area contributed by atoms with Crippen LogP contribution in [0.1, 0.15) is 162 Å². The highest BCUT2D eigenvalue weighted by molar-refractivity contribution is 7.47. The first kappa shape index (κ1) is 56.4. The predicted molar refractivity (Wildman–Crippen MR) is 253 cm³/mol. The molecule has 0 spiro atoms. The first-order chi connectivity index (χ1) is 28.5. The molecule has 0 aromatic heterocycles. The molecule has 0 saturated carbocycles. The van der Waals surface area contributed by atoms with Gasteiger partial charge in [0.2, 0.25) is 5.91 Å². The van der Waals surface area contributed by atoms with E-state index in [1.807, 2.05) is 27.2 Å². The number of aliphatic hydroxyl groups is 1. The number of carbonyl (C=O) groups is 1. The zero-order valence-electron chi connectivity index (χ0n) is 38.2. The normalized spacial score (nSPS) is 15.2. The number of phosphoric acid groups is 1. The van der Waals surface area contributed by atoms with Crippen LogP contribution in [0.2, 0.25) is 0 Å². The number of amides is 1. The molecule has 9 heteroatoms. The SMILES string of the molecule is CC/C=C\C/C=C\C/C=C\C/C=C\C/C=C\C/C=C\C/C=C\CCCCCCCC(=O)NC(COP(=O)(O)OCC[N+](C)(C)C)C(O)/C=C/CCCCCCCCCC. The Hall–Kier alpha value is -2.58. The van der Waals surface area contributed by atoms with Gasteiger partial charge in [0.1, 0.15) is 13.2 Å². The number of allylic oxidation sites excluding steroid dienone is 15. The highest BCUT2D eigenvalue weighted by Gasteiger charge is 2.27. The highest BCUT2D eigenvalue weighted by Crippen LogP contribution is 2.43. The molecule has 0 fully saturated rings. The number of hydrogen-bond acceptors (Lipinski definition) is 5. The molecule has 0 aromatic carbocycles. The molecule has 3 N–H and O–H groups in total. The minimum atomic E-state index is -4.35. The van der Waals surface area contributed by atoms with Crippen molar-refractivity contribution in [2.45, 2.75) is 174 Å². The third kappa shape index (κ3) is 43.3. The second kappa shape index (κ2) is 40.8. The third-order valence-electron chi connectivity index (χ3n) is 9.56. The Morgan fingerprint density at radius 1 is 0.593 bits per heavy atom. The van der Waals surface area contributed by atoms with E-state index in [0.29, 0.717) is 17.4 Å². The number of likely N-dealkylation sites (N-methyl/N-ethyl adjacent to an activating group) is 1. The van der Waals surface area contributed by atoms with Crippen molar-refractivity contribution >= 4 is 13.7 Å². The maximum Gasteiger partial charge on any atom is 0.472 e. The van der Waals surface area contributed by atoms with E-state index in [1.54, 1.807) is 6.08 Å². The largest absolute Gasteiger partial charge is 0.472 e. The van der Waals surface area contributed by atoms with Crippen LogP contribution < -0.4 is 5.32 Å². The molecule has 3 atom stereocenters. The first-order valence-corrected chi connectivity index (χ1v) is 24.6. The third-order valence-corrected chi connectivity index (χ3v) is 10.5. The van der Waals surface area contributed by atoms with Gasteiger partial charge in [0.25, 0.3) is 0 Å². The fraction of sp³-hybridized carbons (Fsp3) is 0.660. The zero-order chi connectivity index (χ0) is 43.6.